The first kappa shape index (κ1) is 81.6. The van der Waals surface area contributed by atoms with Gasteiger partial charge in [0.1, 0.15) is 35.6 Å². The highest BCUT2D eigenvalue weighted by molar-refractivity contribution is 7.00. The van der Waals surface area contributed by atoms with E-state index in [9.17, 15) is 35.1 Å². The van der Waals surface area contributed by atoms with Crippen LogP contribution in [0.1, 0.15) is 171 Å². The summed E-state index contributed by atoms with van der Waals surface area (Å²) >= 11 is 0. The van der Waals surface area contributed by atoms with Crippen molar-refractivity contribution in [2.75, 3.05) is 20.3 Å². The summed E-state index contributed by atoms with van der Waals surface area (Å²) in [7, 11) is -5.29. The molecule has 2 aliphatic heterocycles. The largest absolute Gasteiger partial charge is 0.455 e. The van der Waals surface area contributed by atoms with Gasteiger partial charge in [-0.05, 0) is 112 Å². The maximum Gasteiger partial charge on any atom is 0.338 e. The Morgan fingerprint density at radius 2 is 0.807 bits per heavy atom. The number of aliphatic hydroxyl groups excluding tert-OH is 3. The first-order valence-electron chi connectivity index (χ1n) is 39.1. The molecule has 0 radical (unpaired) electrons. The van der Waals surface area contributed by atoms with E-state index in [0.717, 1.165) is 31.9 Å². The van der Waals surface area contributed by atoms with Crippen LogP contribution in [0.15, 0.2) is 209 Å². The van der Waals surface area contributed by atoms with Gasteiger partial charge in [-0.3, -0.25) is 4.79 Å². The molecule has 4 bridgehead atoms. The molecule has 109 heavy (non-hydrogen) atoms. The summed E-state index contributed by atoms with van der Waals surface area (Å²) in [5, 5.41) is 71.5. The molecule has 2 heterocycles. The van der Waals surface area contributed by atoms with Crippen LogP contribution < -0.4 is 20.7 Å². The van der Waals surface area contributed by atoms with Gasteiger partial charge in [0.2, 0.25) is 0 Å². The van der Waals surface area contributed by atoms with Crippen LogP contribution in [0.4, 0.5) is 0 Å². The van der Waals surface area contributed by atoms with E-state index < -0.39 is 138 Å². The number of rotatable bonds is 12. The molecule has 0 amide bonds. The maximum atomic E-state index is 15.2. The lowest BCUT2D eigenvalue weighted by Crippen LogP contribution is -2.80. The van der Waals surface area contributed by atoms with Crippen molar-refractivity contribution in [3.63, 3.8) is 0 Å². The number of fused-ring (bicyclic) bond motifs is 10. The van der Waals surface area contributed by atoms with Crippen molar-refractivity contribution in [3.8, 4) is 0 Å². The minimum atomic E-state index is -3.26. The fraction of sp³-hybridized carbons (Fsp3) is 0.527. The molecule has 4 saturated carbocycles. The summed E-state index contributed by atoms with van der Waals surface area (Å²) in [4.78, 5) is 52.3. The third-order valence-corrected chi connectivity index (χ3v) is 38.6. The maximum absolute atomic E-state index is 15.2. The van der Waals surface area contributed by atoms with Gasteiger partial charge in [0.05, 0.1) is 61.9 Å². The van der Waals surface area contributed by atoms with Gasteiger partial charge in [-0.25, -0.2) is 9.59 Å². The molecule has 6 aromatic carbocycles. The Kier molecular flexibility index (Phi) is 21.9. The zero-order valence-electron chi connectivity index (χ0n) is 67.3. The highest BCUT2D eigenvalue weighted by Gasteiger charge is 2.78. The lowest BCUT2D eigenvalue weighted by atomic mass is 9.42. The molecule has 584 valence electrons. The molecule has 18 heteroatoms. The molecule has 6 aromatic rings. The van der Waals surface area contributed by atoms with E-state index >= 15 is 4.79 Å². The number of carbonyl (C=O) groups is 3. The molecule has 19 atom stereocenters. The van der Waals surface area contributed by atoms with Crippen LogP contribution in [0.25, 0.3) is 0 Å². The number of nitroso groups, excluding NO2 is 1. The summed E-state index contributed by atoms with van der Waals surface area (Å²) in [6, 6.07) is 59.3. The van der Waals surface area contributed by atoms with E-state index in [1.165, 1.54) is 7.05 Å². The molecule has 14 rings (SSSR count). The topological polar surface area (TPSA) is 237 Å². The second-order valence-corrected chi connectivity index (χ2v) is 45.5. The summed E-state index contributed by atoms with van der Waals surface area (Å²) in [5.41, 5.74) is -5.77. The number of Topliss-reactive ketones (excluding diaryl/α,β-unsaturated/α-hetero) is 1. The van der Waals surface area contributed by atoms with Crippen LogP contribution in [0.2, 0.25) is 10.1 Å². The Hall–Kier alpha value is -6.92. The van der Waals surface area contributed by atoms with E-state index in [1.807, 2.05) is 130 Å². The Labute approximate surface area is 647 Å². The minimum Gasteiger partial charge on any atom is -0.455 e. The number of hydrogen-bond acceptors (Lipinski definition) is 16. The average molecular weight is 1520 g/mol. The Balaban J connectivity index is 0.000000196. The smallest absolute Gasteiger partial charge is 0.338 e. The fourth-order valence-electron chi connectivity index (χ4n) is 22.2. The number of esters is 2. The standard InChI is InChI=1S/C45H58O7Si.C45H56O7Si.CH3NO/c2*1-28-26-45(49)39(51-40(48)30-19-13-10-14-20-30)37-43(8)27-50-33(43)25-34(44(37,9)38(47)36(46)35(29(28)2)42(45,6)7)52-53(41(3,4)5,31-21-15-11-16-22-31)32-23-17-12-18-24-32;1-2-3/h10-24,28,33-34,36-39,46-47,49H,25-27H2,1-9H3;10-24,28,33-34,37-39,47,49H,25-27H2,1-9H3;1H3/t28-,33+,34-,36+,37+,38-,39-,43+,44+,45+;28-,33+,34-,37+,38-,39-,43+,44+,45+;/m00./s1. The number of aliphatic hydroxyl groups is 5. The van der Waals surface area contributed by atoms with Crippen LogP contribution in [-0.2, 0) is 32.6 Å². The predicted octanol–water partition coefficient (Wildman–Crippen LogP) is 13.5. The number of allylic oxidation sites excluding steroid dienone is 2. The van der Waals surface area contributed by atoms with E-state index in [4.69, 9.17) is 32.7 Å². The second kappa shape index (κ2) is 29.2. The Morgan fingerprint density at radius 3 is 1.14 bits per heavy atom. The van der Waals surface area contributed by atoms with Gasteiger partial charge in [0.25, 0.3) is 16.6 Å². The van der Waals surface area contributed by atoms with Crippen molar-refractivity contribution in [1.29, 1.82) is 0 Å². The third-order valence-electron chi connectivity index (χ3n) is 28.5. The fourth-order valence-corrected chi connectivity index (χ4v) is 31.8. The summed E-state index contributed by atoms with van der Waals surface area (Å²) < 4.78 is 42.2. The zero-order chi connectivity index (χ0) is 79.4. The van der Waals surface area contributed by atoms with Gasteiger partial charge in [0.15, 0.2) is 5.78 Å². The van der Waals surface area contributed by atoms with E-state index in [2.05, 4.69) is 133 Å². The first-order chi connectivity index (χ1) is 51.1. The molecule has 0 unspecified atom stereocenters. The molecular weight excluding hydrogens is 1400 g/mol. The molecule has 6 fully saturated rings. The minimum absolute atomic E-state index is 0.138. The highest BCUT2D eigenvalue weighted by atomic mass is 28.4. The SMILES string of the molecule is CC1=C2C(=O)[C@H](O)[C@]3(C)[C@@H](O[Si](c4ccccc4)(c4ccccc4)C(C)(C)C)C[C@H]4OC[C@@]4(C)[C@H]3[C@H](OC(=O)c3ccccc3)[C@](O)(C[C@@H]1C)C2(C)C.CC1=C2[C@@H](O)[C@H](O)[C@]3(C)[C@@H](O[Si](c4ccccc4)(c4ccccc4)C(C)(C)C)C[C@H]4OC[C@@]4(C)[C@H]3[C@H](OC(=O)c3ccccc3)[C@](O)(C[C@@H]1C)C2(C)C.CN=O. The van der Waals surface area contributed by atoms with Crippen molar-refractivity contribution >= 4 is 55.1 Å². The van der Waals surface area contributed by atoms with E-state index in [0.29, 0.717) is 54.7 Å². The number of carbonyl (C=O) groups excluding carboxylic acids is 3. The van der Waals surface area contributed by atoms with Gasteiger partial charge in [-0.2, -0.15) is 4.91 Å². The molecule has 0 spiro atoms. The number of ether oxygens (including phenoxy) is 4. The van der Waals surface area contributed by atoms with Gasteiger partial charge >= 0.3 is 11.9 Å². The molecule has 8 aliphatic rings. The van der Waals surface area contributed by atoms with Crippen molar-refractivity contribution in [2.24, 2.45) is 61.3 Å². The zero-order valence-corrected chi connectivity index (χ0v) is 69.3. The Bertz CT molecular complexity index is 4300. The summed E-state index contributed by atoms with van der Waals surface area (Å²) in [6.07, 6.45) is -6.87. The summed E-state index contributed by atoms with van der Waals surface area (Å²) in [5.74, 6) is -3.21. The first-order valence-corrected chi connectivity index (χ1v) is 42.9. The van der Waals surface area contributed by atoms with Gasteiger partial charge in [-0.15, -0.1) is 0 Å². The number of nitrogens with zero attached hydrogens (tertiary/aromatic N) is 1. The predicted molar refractivity (Wildman–Crippen MR) is 430 cm³/mol. The molecule has 16 nitrogen and oxygen atoms in total. The van der Waals surface area contributed by atoms with Gasteiger partial charge in [0, 0.05) is 49.9 Å². The molecule has 6 aliphatic carbocycles. The molecule has 0 aromatic heterocycles. The van der Waals surface area contributed by atoms with Crippen LogP contribution in [-0.4, -0.2) is 146 Å². The summed E-state index contributed by atoms with van der Waals surface area (Å²) in [6.45, 7) is 37.8. The monoisotopic (exact) mass is 1520 g/mol. The third kappa shape index (κ3) is 12.6. The lowest BCUT2D eigenvalue weighted by Gasteiger charge is -2.70. The lowest BCUT2D eigenvalue weighted by molar-refractivity contribution is -0.335. The second-order valence-electron chi connectivity index (χ2n) is 37.0. The molecule has 2 saturated heterocycles. The number of hydrogen-bond donors (Lipinski definition) is 5. The van der Waals surface area contributed by atoms with Crippen molar-refractivity contribution < 1.29 is 67.7 Å². The van der Waals surface area contributed by atoms with Gasteiger partial charge in [-0.1, -0.05) is 285 Å². The van der Waals surface area contributed by atoms with Crippen LogP contribution >= 0.6 is 0 Å². The number of ketones is 1. The molecular formula is C91H117NO15Si2. The molecule has 5 N–H and O–H groups in total. The van der Waals surface area contributed by atoms with Gasteiger partial charge < -0.3 is 53.3 Å². The van der Waals surface area contributed by atoms with Crippen molar-refractivity contribution in [3.05, 3.63) is 220 Å². The highest BCUT2D eigenvalue weighted by Crippen LogP contribution is 2.70. The average Bonchev–Trinajstić information content (AvgIpc) is 0.673. The normalized spacial score (nSPS) is 35.1. The quantitative estimate of drug-likeness (QED) is 0.0331. The van der Waals surface area contributed by atoms with E-state index in [1.54, 1.807) is 48.5 Å². The van der Waals surface area contributed by atoms with Crippen LogP contribution in [0.3, 0.4) is 0 Å². The Morgan fingerprint density at radius 1 is 0.495 bits per heavy atom. The number of benzene rings is 6. The van der Waals surface area contributed by atoms with Crippen LogP contribution in [0, 0.1) is 61.1 Å². The van der Waals surface area contributed by atoms with Crippen LogP contribution in [0.5, 0.6) is 0 Å². The van der Waals surface area contributed by atoms with Crippen molar-refractivity contribution in [2.45, 2.75) is 227 Å². The van der Waals surface area contributed by atoms with Crippen molar-refractivity contribution in [1.82, 2.24) is 0 Å². The van der Waals surface area contributed by atoms with E-state index in [-0.39, 0.29) is 35.5 Å².